The number of ether oxygens (including phenoxy) is 2. The van der Waals surface area contributed by atoms with Crippen LogP contribution in [0.4, 0.5) is 5.95 Å². The van der Waals surface area contributed by atoms with Crippen molar-refractivity contribution in [1.82, 2.24) is 9.97 Å². The number of anilines is 1. The highest BCUT2D eigenvalue weighted by atomic mass is 16.7. The summed E-state index contributed by atoms with van der Waals surface area (Å²) in [6.07, 6.45) is 5.89. The maximum atomic E-state index is 5.80. The molecule has 3 rings (SSSR count). The molecule has 1 unspecified atom stereocenters. The van der Waals surface area contributed by atoms with Gasteiger partial charge in [-0.3, -0.25) is 0 Å². The zero-order chi connectivity index (χ0) is 16.1. The van der Waals surface area contributed by atoms with Crippen molar-refractivity contribution >= 4 is 5.95 Å². The third-order valence-electron chi connectivity index (χ3n) is 4.09. The first kappa shape index (κ1) is 15.9. The van der Waals surface area contributed by atoms with Gasteiger partial charge in [0, 0.05) is 24.9 Å². The average molecular weight is 313 g/mol. The second kappa shape index (κ2) is 7.53. The first-order valence-electron chi connectivity index (χ1n) is 8.10. The Bertz CT molecular complexity index is 637. The second-order valence-corrected chi connectivity index (χ2v) is 5.94. The van der Waals surface area contributed by atoms with Crippen LogP contribution in [0.25, 0.3) is 0 Å². The van der Waals surface area contributed by atoms with E-state index in [1.54, 1.807) is 6.20 Å². The molecule has 1 aromatic carbocycles. The van der Waals surface area contributed by atoms with E-state index in [4.69, 9.17) is 15.2 Å². The second-order valence-electron chi connectivity index (χ2n) is 5.94. The predicted octanol–water partition coefficient (Wildman–Crippen LogP) is 3.00. The maximum absolute atomic E-state index is 5.80. The van der Waals surface area contributed by atoms with Gasteiger partial charge >= 0.3 is 0 Å². The van der Waals surface area contributed by atoms with Crippen molar-refractivity contribution in [1.29, 1.82) is 0 Å². The van der Waals surface area contributed by atoms with Crippen LogP contribution in [0, 0.1) is 6.92 Å². The Kier molecular flexibility index (Phi) is 5.20. The van der Waals surface area contributed by atoms with E-state index in [9.17, 15) is 0 Å². The van der Waals surface area contributed by atoms with Crippen molar-refractivity contribution in [2.45, 2.75) is 45.5 Å². The quantitative estimate of drug-likeness (QED) is 0.919. The Labute approximate surface area is 136 Å². The summed E-state index contributed by atoms with van der Waals surface area (Å²) in [5.41, 5.74) is 10.00. The van der Waals surface area contributed by atoms with Crippen LogP contribution in [0.5, 0.6) is 0 Å². The Morgan fingerprint density at radius 2 is 2.00 bits per heavy atom. The molecule has 0 saturated carbocycles. The molecule has 0 amide bonds. The SMILES string of the molecule is Cc1nc(N)ncc1Cc1ccc(COC2CCCCO2)cc1. The number of nitrogens with zero attached hydrogens (tertiary/aromatic N) is 2. The van der Waals surface area contributed by atoms with E-state index in [1.165, 1.54) is 12.0 Å². The summed E-state index contributed by atoms with van der Waals surface area (Å²) >= 11 is 0. The lowest BCUT2D eigenvalue weighted by Crippen LogP contribution is -2.21. The first-order chi connectivity index (χ1) is 11.2. The Hall–Kier alpha value is -1.98. The molecule has 5 nitrogen and oxygen atoms in total. The molecule has 2 aromatic rings. The number of aryl methyl sites for hydroxylation is 1. The molecule has 1 aromatic heterocycles. The van der Waals surface area contributed by atoms with E-state index in [2.05, 4.69) is 34.2 Å². The zero-order valence-electron chi connectivity index (χ0n) is 13.5. The number of aromatic nitrogens is 2. The van der Waals surface area contributed by atoms with Gasteiger partial charge in [-0.1, -0.05) is 24.3 Å². The molecule has 1 saturated heterocycles. The fourth-order valence-corrected chi connectivity index (χ4v) is 2.69. The molecule has 0 spiro atoms. The zero-order valence-corrected chi connectivity index (χ0v) is 13.5. The van der Waals surface area contributed by atoms with Crippen LogP contribution < -0.4 is 5.73 Å². The van der Waals surface area contributed by atoms with Crippen LogP contribution in [0.1, 0.15) is 41.6 Å². The molecule has 1 aliphatic rings. The van der Waals surface area contributed by atoms with Gasteiger partial charge in [0.15, 0.2) is 6.29 Å². The van der Waals surface area contributed by atoms with Gasteiger partial charge in [0.1, 0.15) is 0 Å². The minimum atomic E-state index is -0.0435. The molecule has 2 N–H and O–H groups in total. The highest BCUT2D eigenvalue weighted by molar-refractivity contribution is 5.31. The van der Waals surface area contributed by atoms with Crippen molar-refractivity contribution in [3.05, 3.63) is 52.8 Å². The van der Waals surface area contributed by atoms with Crippen molar-refractivity contribution in [2.24, 2.45) is 0 Å². The fraction of sp³-hybridized carbons (Fsp3) is 0.444. The highest BCUT2D eigenvalue weighted by Gasteiger charge is 2.13. The lowest BCUT2D eigenvalue weighted by molar-refractivity contribution is -0.168. The molecule has 5 heteroatoms. The van der Waals surface area contributed by atoms with Crippen molar-refractivity contribution in [2.75, 3.05) is 12.3 Å². The highest BCUT2D eigenvalue weighted by Crippen LogP contribution is 2.17. The largest absolute Gasteiger partial charge is 0.368 e. The summed E-state index contributed by atoms with van der Waals surface area (Å²) in [4.78, 5) is 8.27. The number of hydrogen-bond donors (Lipinski definition) is 1. The maximum Gasteiger partial charge on any atom is 0.220 e. The molecular formula is C18H23N3O2. The van der Waals surface area contributed by atoms with Crippen LogP contribution in [-0.2, 0) is 22.5 Å². The third kappa shape index (κ3) is 4.50. The Morgan fingerprint density at radius 1 is 1.22 bits per heavy atom. The normalized spacial score (nSPS) is 18.0. The van der Waals surface area contributed by atoms with E-state index < -0.39 is 0 Å². The van der Waals surface area contributed by atoms with Crippen LogP contribution in [0.2, 0.25) is 0 Å². The molecule has 1 fully saturated rings. The van der Waals surface area contributed by atoms with E-state index in [1.807, 2.05) is 6.92 Å². The van der Waals surface area contributed by atoms with Crippen molar-refractivity contribution in [3.63, 3.8) is 0 Å². The number of benzene rings is 1. The molecule has 122 valence electrons. The van der Waals surface area contributed by atoms with Crippen molar-refractivity contribution < 1.29 is 9.47 Å². The summed E-state index contributed by atoms with van der Waals surface area (Å²) < 4.78 is 11.4. The van der Waals surface area contributed by atoms with E-state index in [-0.39, 0.29) is 6.29 Å². The van der Waals surface area contributed by atoms with Gasteiger partial charge in [0.25, 0.3) is 0 Å². The van der Waals surface area contributed by atoms with Gasteiger partial charge in [-0.15, -0.1) is 0 Å². The number of nitrogen functional groups attached to an aromatic ring is 1. The molecule has 0 bridgehead atoms. The third-order valence-corrected chi connectivity index (χ3v) is 4.09. The minimum Gasteiger partial charge on any atom is -0.368 e. The van der Waals surface area contributed by atoms with E-state index in [0.29, 0.717) is 12.6 Å². The molecule has 23 heavy (non-hydrogen) atoms. The van der Waals surface area contributed by atoms with E-state index in [0.717, 1.165) is 42.7 Å². The van der Waals surface area contributed by atoms with Crippen molar-refractivity contribution in [3.8, 4) is 0 Å². The average Bonchev–Trinajstić information content (AvgIpc) is 2.58. The van der Waals surface area contributed by atoms with Gasteiger partial charge in [-0.2, -0.15) is 0 Å². The first-order valence-corrected chi connectivity index (χ1v) is 8.10. The summed E-state index contributed by atoms with van der Waals surface area (Å²) in [6.45, 7) is 3.36. The van der Waals surface area contributed by atoms with Gasteiger partial charge in [0.05, 0.1) is 6.61 Å². The number of hydrogen-bond acceptors (Lipinski definition) is 5. The molecule has 0 aliphatic carbocycles. The standard InChI is InChI=1S/C18H23N3O2/c1-13-16(11-20-18(19)21-13)10-14-5-7-15(8-6-14)12-23-17-4-2-3-9-22-17/h5-8,11,17H,2-4,9-10,12H2,1H3,(H2,19,20,21). The van der Waals surface area contributed by atoms with Crippen LogP contribution in [0.15, 0.2) is 30.5 Å². The van der Waals surface area contributed by atoms with Gasteiger partial charge in [0.2, 0.25) is 5.95 Å². The number of nitrogens with two attached hydrogens (primary N) is 1. The lowest BCUT2D eigenvalue weighted by atomic mass is 10.0. The molecule has 1 aliphatic heterocycles. The Morgan fingerprint density at radius 3 is 2.70 bits per heavy atom. The predicted molar refractivity (Wildman–Crippen MR) is 88.8 cm³/mol. The van der Waals surface area contributed by atoms with Crippen LogP contribution in [-0.4, -0.2) is 22.9 Å². The lowest BCUT2D eigenvalue weighted by Gasteiger charge is -2.22. The van der Waals surface area contributed by atoms with Crippen LogP contribution in [0.3, 0.4) is 0 Å². The summed E-state index contributed by atoms with van der Waals surface area (Å²) in [5, 5.41) is 0. The smallest absolute Gasteiger partial charge is 0.220 e. The van der Waals surface area contributed by atoms with E-state index >= 15 is 0 Å². The molecular weight excluding hydrogens is 290 g/mol. The summed E-state index contributed by atoms with van der Waals surface area (Å²) in [5.74, 6) is 0.323. The molecule has 0 radical (unpaired) electrons. The van der Waals surface area contributed by atoms with Crippen LogP contribution >= 0.6 is 0 Å². The van der Waals surface area contributed by atoms with Gasteiger partial charge in [-0.05, 0) is 42.9 Å². The minimum absolute atomic E-state index is 0.0435. The summed E-state index contributed by atoms with van der Waals surface area (Å²) in [6, 6.07) is 8.45. The summed E-state index contributed by atoms with van der Waals surface area (Å²) in [7, 11) is 0. The fourth-order valence-electron chi connectivity index (χ4n) is 2.69. The Balaban J connectivity index is 1.56. The topological polar surface area (TPSA) is 70.3 Å². The molecule has 1 atom stereocenters. The number of rotatable bonds is 5. The molecule has 2 heterocycles. The monoisotopic (exact) mass is 313 g/mol. The van der Waals surface area contributed by atoms with Gasteiger partial charge in [-0.25, -0.2) is 9.97 Å². The van der Waals surface area contributed by atoms with Gasteiger partial charge < -0.3 is 15.2 Å².